The van der Waals surface area contributed by atoms with Crippen LogP contribution in [-0.4, -0.2) is 35.0 Å². The monoisotopic (exact) mass is 296 g/mol. The molecule has 3 rings (SSSR count). The third-order valence-electron chi connectivity index (χ3n) is 6.55. The van der Waals surface area contributed by atoms with E-state index >= 15 is 0 Å². The highest BCUT2D eigenvalue weighted by Gasteiger charge is 2.66. The lowest BCUT2D eigenvalue weighted by molar-refractivity contribution is -0.214. The van der Waals surface area contributed by atoms with Gasteiger partial charge in [0.2, 0.25) is 0 Å². The SMILES string of the molecule is CC1CC[C@@H]2C1CC1(C(C)C)CC(OC(=O)CO)C2(C)O1. The van der Waals surface area contributed by atoms with Crippen LogP contribution in [0.2, 0.25) is 0 Å². The lowest BCUT2D eigenvalue weighted by Crippen LogP contribution is -2.53. The third kappa shape index (κ3) is 2.14. The molecule has 5 unspecified atom stereocenters. The van der Waals surface area contributed by atoms with Crippen molar-refractivity contribution in [1.82, 2.24) is 0 Å². The molecule has 0 spiro atoms. The van der Waals surface area contributed by atoms with Gasteiger partial charge in [0.25, 0.3) is 0 Å². The second-order valence-electron chi connectivity index (χ2n) is 7.88. The lowest BCUT2D eigenvalue weighted by Gasteiger charge is -2.48. The normalized spacial score (nSPS) is 48.5. The van der Waals surface area contributed by atoms with Gasteiger partial charge in [-0.1, -0.05) is 27.2 Å². The van der Waals surface area contributed by atoms with Gasteiger partial charge in [-0.15, -0.1) is 0 Å². The zero-order valence-electron chi connectivity index (χ0n) is 13.6. The van der Waals surface area contributed by atoms with E-state index in [-0.39, 0.29) is 17.3 Å². The first kappa shape index (κ1) is 15.3. The Labute approximate surface area is 127 Å². The van der Waals surface area contributed by atoms with Crippen molar-refractivity contribution in [3.8, 4) is 0 Å². The van der Waals surface area contributed by atoms with E-state index in [1.807, 2.05) is 0 Å². The van der Waals surface area contributed by atoms with Crippen LogP contribution in [-0.2, 0) is 14.3 Å². The molecule has 4 nitrogen and oxygen atoms in total. The van der Waals surface area contributed by atoms with Crippen molar-refractivity contribution >= 4 is 5.97 Å². The van der Waals surface area contributed by atoms with E-state index in [1.165, 1.54) is 6.42 Å². The van der Waals surface area contributed by atoms with Gasteiger partial charge in [0.1, 0.15) is 18.3 Å². The molecule has 21 heavy (non-hydrogen) atoms. The molecule has 0 aromatic carbocycles. The van der Waals surface area contributed by atoms with Gasteiger partial charge in [-0.2, -0.15) is 0 Å². The highest BCUT2D eigenvalue weighted by molar-refractivity contribution is 5.70. The van der Waals surface area contributed by atoms with Crippen molar-refractivity contribution in [3.63, 3.8) is 0 Å². The number of ether oxygens (including phenoxy) is 2. The van der Waals surface area contributed by atoms with Crippen molar-refractivity contribution in [1.29, 1.82) is 0 Å². The molecule has 3 aliphatic rings. The molecule has 2 aliphatic heterocycles. The van der Waals surface area contributed by atoms with E-state index in [1.54, 1.807) is 0 Å². The van der Waals surface area contributed by atoms with Crippen molar-refractivity contribution in [2.75, 3.05) is 6.61 Å². The smallest absolute Gasteiger partial charge is 0.332 e. The first-order valence-corrected chi connectivity index (χ1v) is 8.33. The maximum atomic E-state index is 11.6. The number of aliphatic hydroxyl groups excluding tert-OH is 1. The van der Waals surface area contributed by atoms with E-state index in [0.29, 0.717) is 17.8 Å². The number of hydrogen-bond acceptors (Lipinski definition) is 4. The molecular weight excluding hydrogens is 268 g/mol. The molecule has 0 radical (unpaired) electrons. The summed E-state index contributed by atoms with van der Waals surface area (Å²) < 4.78 is 12.2. The molecule has 0 aromatic rings. The maximum absolute atomic E-state index is 11.6. The Kier molecular flexibility index (Phi) is 3.61. The van der Waals surface area contributed by atoms with Crippen molar-refractivity contribution in [3.05, 3.63) is 0 Å². The van der Waals surface area contributed by atoms with E-state index < -0.39 is 12.6 Å². The van der Waals surface area contributed by atoms with Crippen LogP contribution in [0.25, 0.3) is 0 Å². The Morgan fingerprint density at radius 3 is 2.71 bits per heavy atom. The highest BCUT2D eigenvalue weighted by atomic mass is 16.6. The summed E-state index contributed by atoms with van der Waals surface area (Å²) >= 11 is 0. The molecule has 0 aromatic heterocycles. The molecule has 120 valence electrons. The third-order valence-corrected chi connectivity index (χ3v) is 6.55. The minimum atomic E-state index is -0.550. The largest absolute Gasteiger partial charge is 0.457 e. The second-order valence-corrected chi connectivity index (χ2v) is 7.88. The van der Waals surface area contributed by atoms with Crippen molar-refractivity contribution < 1.29 is 19.4 Å². The zero-order valence-corrected chi connectivity index (χ0v) is 13.6. The Morgan fingerprint density at radius 2 is 2.10 bits per heavy atom. The number of esters is 1. The second kappa shape index (κ2) is 4.95. The first-order chi connectivity index (χ1) is 9.82. The van der Waals surface area contributed by atoms with Crippen LogP contribution in [0.3, 0.4) is 0 Å². The minimum Gasteiger partial charge on any atom is -0.457 e. The Bertz CT molecular complexity index is 435. The lowest BCUT2D eigenvalue weighted by atomic mass is 9.72. The summed E-state index contributed by atoms with van der Waals surface area (Å²) in [7, 11) is 0. The Morgan fingerprint density at radius 1 is 1.38 bits per heavy atom. The predicted molar refractivity (Wildman–Crippen MR) is 78.6 cm³/mol. The fourth-order valence-electron chi connectivity index (χ4n) is 5.17. The standard InChI is InChI=1S/C17H28O4/c1-10(2)17-7-12-11(3)5-6-13(12)16(4,21-17)14(8-17)20-15(19)9-18/h10-14,18H,5-9H2,1-4H3/t11?,12?,13-,14?,16?,17?/m1/s1. The summed E-state index contributed by atoms with van der Waals surface area (Å²) in [6, 6.07) is 0. The van der Waals surface area contributed by atoms with Crippen LogP contribution in [0.4, 0.5) is 0 Å². The Balaban J connectivity index is 1.94. The van der Waals surface area contributed by atoms with Gasteiger partial charge < -0.3 is 14.6 Å². The summed E-state index contributed by atoms with van der Waals surface area (Å²) in [6.45, 7) is 8.34. The van der Waals surface area contributed by atoms with Gasteiger partial charge in [-0.3, -0.25) is 0 Å². The Hall–Kier alpha value is -0.610. The molecular formula is C17H28O4. The zero-order chi connectivity index (χ0) is 15.4. The minimum absolute atomic E-state index is 0.172. The fraction of sp³-hybridized carbons (Fsp3) is 0.941. The molecule has 2 heterocycles. The summed E-state index contributed by atoms with van der Waals surface area (Å²) in [5, 5.41) is 9.01. The molecule has 1 N–H and O–H groups in total. The van der Waals surface area contributed by atoms with E-state index in [9.17, 15) is 4.79 Å². The first-order valence-electron chi connectivity index (χ1n) is 8.33. The number of carbonyl (C=O) groups is 1. The van der Waals surface area contributed by atoms with Gasteiger partial charge in [0, 0.05) is 6.42 Å². The molecule has 2 bridgehead atoms. The summed E-state index contributed by atoms with van der Waals surface area (Å²) in [6.07, 6.45) is 4.03. The molecule has 2 saturated heterocycles. The fourth-order valence-corrected chi connectivity index (χ4v) is 5.17. The number of rotatable bonds is 3. The number of hydrogen-bond donors (Lipinski definition) is 1. The van der Waals surface area contributed by atoms with Gasteiger partial charge in [0.15, 0.2) is 0 Å². The van der Waals surface area contributed by atoms with Crippen LogP contribution in [0.15, 0.2) is 0 Å². The van der Waals surface area contributed by atoms with Gasteiger partial charge in [-0.25, -0.2) is 4.79 Å². The molecule has 4 heteroatoms. The van der Waals surface area contributed by atoms with Gasteiger partial charge >= 0.3 is 5.97 Å². The highest BCUT2D eigenvalue weighted by Crippen LogP contribution is 2.62. The summed E-state index contributed by atoms with van der Waals surface area (Å²) in [5.41, 5.74) is -0.558. The van der Waals surface area contributed by atoms with Crippen LogP contribution in [0.5, 0.6) is 0 Å². The summed E-state index contributed by atoms with van der Waals surface area (Å²) in [5.74, 6) is 1.74. The molecule has 1 saturated carbocycles. The van der Waals surface area contributed by atoms with Gasteiger partial charge in [0.05, 0.1) is 5.60 Å². The van der Waals surface area contributed by atoms with Crippen molar-refractivity contribution in [2.45, 2.75) is 70.7 Å². The van der Waals surface area contributed by atoms with E-state index in [4.69, 9.17) is 14.6 Å². The van der Waals surface area contributed by atoms with E-state index in [2.05, 4.69) is 27.7 Å². The van der Waals surface area contributed by atoms with E-state index in [0.717, 1.165) is 25.2 Å². The quantitative estimate of drug-likeness (QED) is 0.813. The molecule has 1 aliphatic carbocycles. The number of fused-ring (bicyclic) bond motifs is 4. The topological polar surface area (TPSA) is 55.8 Å². The van der Waals surface area contributed by atoms with Crippen LogP contribution in [0, 0.1) is 23.7 Å². The van der Waals surface area contributed by atoms with Gasteiger partial charge in [-0.05, 0) is 43.4 Å². The summed E-state index contributed by atoms with van der Waals surface area (Å²) in [4.78, 5) is 11.6. The average molecular weight is 296 g/mol. The molecule has 0 amide bonds. The molecule has 6 atom stereocenters. The van der Waals surface area contributed by atoms with Crippen LogP contribution in [0.1, 0.15) is 53.4 Å². The van der Waals surface area contributed by atoms with Crippen molar-refractivity contribution in [2.24, 2.45) is 23.7 Å². The maximum Gasteiger partial charge on any atom is 0.332 e. The average Bonchev–Trinajstić information content (AvgIpc) is 2.90. The predicted octanol–water partition coefficient (Wildman–Crippen LogP) is 2.53. The number of aliphatic hydroxyl groups is 1. The van der Waals surface area contributed by atoms with Crippen LogP contribution >= 0.6 is 0 Å². The molecule has 3 fully saturated rings. The van der Waals surface area contributed by atoms with Crippen LogP contribution < -0.4 is 0 Å². The number of carbonyl (C=O) groups excluding carboxylic acids is 1.